The molecule has 0 radical (unpaired) electrons. The van der Waals surface area contributed by atoms with Crippen LogP contribution < -0.4 is 17.8 Å². The van der Waals surface area contributed by atoms with Crippen LogP contribution in [-0.2, 0) is 9.53 Å². The van der Waals surface area contributed by atoms with Gasteiger partial charge in [0.15, 0.2) is 0 Å². The lowest BCUT2D eigenvalue weighted by molar-refractivity contribution is -0.140. The molecule has 0 aromatic heterocycles. The van der Waals surface area contributed by atoms with Crippen LogP contribution in [0.5, 0.6) is 0 Å². The smallest absolute Gasteiger partial charge is 0.325 e. The molecule has 1 aliphatic carbocycles. The number of carbonyl (C=O) groups excluding carboxylic acids is 1. The van der Waals surface area contributed by atoms with Crippen LogP contribution >= 0.6 is 23.4 Å². The average molecular weight is 258 g/mol. The van der Waals surface area contributed by atoms with E-state index in [-0.39, 0.29) is 23.1 Å². The maximum Gasteiger partial charge on any atom is 0.325 e. The van der Waals surface area contributed by atoms with Gasteiger partial charge in [0, 0.05) is 6.92 Å². The highest BCUT2D eigenvalue weighted by molar-refractivity contribution is 8.15. The summed E-state index contributed by atoms with van der Waals surface area (Å²) in [4.78, 5) is 11.2. The number of rotatable bonds is 3. The third kappa shape index (κ3) is 3.04. The summed E-state index contributed by atoms with van der Waals surface area (Å²) in [5.41, 5.74) is 0. The second-order valence-corrected chi connectivity index (χ2v) is 5.26. The van der Waals surface area contributed by atoms with Gasteiger partial charge in [-0.05, 0) is 12.8 Å². The van der Waals surface area contributed by atoms with E-state index in [1.807, 2.05) is 6.92 Å². The van der Waals surface area contributed by atoms with E-state index in [1.54, 1.807) is 0 Å². The molecule has 0 heterocycles. The predicted octanol–water partition coefficient (Wildman–Crippen LogP) is -2.79. The molecule has 0 saturated heterocycles. The number of hydrogen-bond donors (Lipinski definition) is 1. The Bertz CT molecular complexity index is 243. The first kappa shape index (κ1) is 14.1. The fourth-order valence-corrected chi connectivity index (χ4v) is 2.76. The molecule has 14 heavy (non-hydrogen) atoms. The van der Waals surface area contributed by atoms with Crippen molar-refractivity contribution in [2.75, 3.05) is 7.11 Å². The molecule has 0 aliphatic heterocycles. The Balaban J connectivity index is 0.00000169. The van der Waals surface area contributed by atoms with Gasteiger partial charge in [0.2, 0.25) is 5.04 Å². The molecule has 0 bridgehead atoms. The molecule has 1 atom stereocenters. The summed E-state index contributed by atoms with van der Waals surface area (Å²) in [7, 11) is 1.34. The highest BCUT2D eigenvalue weighted by atomic mass is 35.5. The van der Waals surface area contributed by atoms with Crippen molar-refractivity contribution in [3.8, 4) is 0 Å². The van der Waals surface area contributed by atoms with Crippen molar-refractivity contribution < 1.29 is 27.3 Å². The van der Waals surface area contributed by atoms with E-state index in [1.165, 1.54) is 18.9 Å². The lowest BCUT2D eigenvalue weighted by Crippen LogP contribution is -3.00. The van der Waals surface area contributed by atoms with E-state index in [9.17, 15) is 4.79 Å². The van der Waals surface area contributed by atoms with Gasteiger partial charge in [-0.2, -0.15) is 0 Å². The SMILES string of the molecule is COC(=O)C(Cl)C1(SC(C)=[NH2+])CC1.[Cl-]. The minimum absolute atomic E-state index is 0. The average Bonchev–Trinajstić information content (AvgIpc) is 2.82. The largest absolute Gasteiger partial charge is 1.00 e. The molecular formula is C8H13Cl2NO2S. The van der Waals surface area contributed by atoms with Gasteiger partial charge < -0.3 is 17.1 Å². The number of nitrogens with two attached hydrogens (primary N) is 1. The number of ether oxygens (including phenoxy) is 1. The number of carbonyl (C=O) groups is 1. The Labute approximate surface area is 98.8 Å². The monoisotopic (exact) mass is 257 g/mol. The van der Waals surface area contributed by atoms with Gasteiger partial charge in [-0.1, -0.05) is 11.8 Å². The zero-order chi connectivity index (χ0) is 10.1. The van der Waals surface area contributed by atoms with Crippen molar-refractivity contribution in [1.29, 1.82) is 0 Å². The Morgan fingerprint density at radius 3 is 2.43 bits per heavy atom. The number of alkyl halides is 1. The van der Waals surface area contributed by atoms with Gasteiger partial charge in [-0.3, -0.25) is 10.2 Å². The molecule has 1 unspecified atom stereocenters. The number of methoxy groups -OCH3 is 1. The van der Waals surface area contributed by atoms with E-state index in [2.05, 4.69) is 4.74 Å². The Kier molecular flexibility index (Phi) is 5.26. The molecule has 82 valence electrons. The fraction of sp³-hybridized carbons (Fsp3) is 0.750. The predicted molar refractivity (Wildman–Crippen MR) is 53.8 cm³/mol. The highest BCUT2D eigenvalue weighted by Crippen LogP contribution is 2.53. The van der Waals surface area contributed by atoms with Crippen molar-refractivity contribution >= 4 is 34.4 Å². The first-order valence-electron chi connectivity index (χ1n) is 4.02. The first-order chi connectivity index (χ1) is 6.02. The standard InChI is InChI=1S/C8H12ClNO2S.ClH/c1-5(10)13-8(3-4-8)6(9)7(11)12-2;/h6,10H,3-4H2,1-2H3;1H. The van der Waals surface area contributed by atoms with Crippen LogP contribution in [0, 0.1) is 0 Å². The first-order valence-corrected chi connectivity index (χ1v) is 5.27. The molecule has 2 N–H and O–H groups in total. The molecular weight excluding hydrogens is 245 g/mol. The lowest BCUT2D eigenvalue weighted by atomic mass is 10.3. The molecule has 0 spiro atoms. The van der Waals surface area contributed by atoms with Crippen molar-refractivity contribution in [3.05, 3.63) is 0 Å². The van der Waals surface area contributed by atoms with Crippen molar-refractivity contribution in [2.45, 2.75) is 29.9 Å². The molecule has 0 aromatic rings. The van der Waals surface area contributed by atoms with Crippen LogP contribution in [0.4, 0.5) is 0 Å². The molecule has 1 aliphatic rings. The quantitative estimate of drug-likeness (QED) is 0.258. The summed E-state index contributed by atoms with van der Waals surface area (Å²) < 4.78 is 4.38. The van der Waals surface area contributed by atoms with Gasteiger partial charge in [-0.15, -0.1) is 11.6 Å². The van der Waals surface area contributed by atoms with E-state index in [0.29, 0.717) is 0 Å². The van der Waals surface area contributed by atoms with E-state index >= 15 is 0 Å². The van der Waals surface area contributed by atoms with Crippen molar-refractivity contribution in [2.24, 2.45) is 0 Å². The summed E-state index contributed by atoms with van der Waals surface area (Å²) >= 11 is 7.45. The minimum atomic E-state index is -0.582. The third-order valence-electron chi connectivity index (χ3n) is 1.98. The maximum absolute atomic E-state index is 11.2. The van der Waals surface area contributed by atoms with Crippen LogP contribution in [0.3, 0.4) is 0 Å². The second kappa shape index (κ2) is 5.24. The number of hydrogen-bond acceptors (Lipinski definition) is 3. The third-order valence-corrected chi connectivity index (χ3v) is 4.07. The summed E-state index contributed by atoms with van der Waals surface area (Å²) in [6.45, 7) is 1.81. The maximum atomic E-state index is 11.2. The molecule has 1 fully saturated rings. The molecule has 0 aromatic carbocycles. The number of esters is 1. The second-order valence-electron chi connectivity index (χ2n) is 3.16. The van der Waals surface area contributed by atoms with Gasteiger partial charge in [0.25, 0.3) is 0 Å². The number of halogens is 2. The number of thioether (sulfide) groups is 1. The molecule has 1 rings (SSSR count). The van der Waals surface area contributed by atoms with Gasteiger partial charge >= 0.3 is 5.97 Å². The normalized spacial score (nSPS) is 19.1. The highest BCUT2D eigenvalue weighted by Gasteiger charge is 2.54. The summed E-state index contributed by atoms with van der Waals surface area (Å²) in [5, 5.41) is 5.73. The van der Waals surface area contributed by atoms with Crippen LogP contribution in [0.15, 0.2) is 0 Å². The summed E-state index contributed by atoms with van der Waals surface area (Å²) in [5.74, 6) is -0.368. The van der Waals surface area contributed by atoms with Crippen LogP contribution in [0.2, 0.25) is 0 Å². The zero-order valence-corrected chi connectivity index (χ0v) is 10.4. The van der Waals surface area contributed by atoms with Gasteiger partial charge in [0.1, 0.15) is 5.38 Å². The van der Waals surface area contributed by atoms with Crippen LogP contribution in [0.1, 0.15) is 19.8 Å². The molecule has 0 amide bonds. The van der Waals surface area contributed by atoms with Crippen LogP contribution in [-0.4, -0.2) is 28.2 Å². The van der Waals surface area contributed by atoms with Crippen LogP contribution in [0.25, 0.3) is 0 Å². The lowest BCUT2D eigenvalue weighted by Gasteiger charge is -2.16. The van der Waals surface area contributed by atoms with Crippen molar-refractivity contribution in [1.82, 2.24) is 0 Å². The Morgan fingerprint density at radius 1 is 1.64 bits per heavy atom. The molecule has 6 heteroatoms. The van der Waals surface area contributed by atoms with E-state index in [0.717, 1.165) is 17.9 Å². The van der Waals surface area contributed by atoms with E-state index in [4.69, 9.17) is 17.0 Å². The molecule has 1 saturated carbocycles. The zero-order valence-electron chi connectivity index (χ0n) is 8.05. The minimum Gasteiger partial charge on any atom is -1.00 e. The van der Waals surface area contributed by atoms with E-state index < -0.39 is 5.38 Å². The summed E-state index contributed by atoms with van der Waals surface area (Å²) in [6.07, 6.45) is 1.85. The van der Waals surface area contributed by atoms with Crippen molar-refractivity contribution in [3.63, 3.8) is 0 Å². The topological polar surface area (TPSA) is 51.9 Å². The molecule has 3 nitrogen and oxygen atoms in total. The van der Waals surface area contributed by atoms with Gasteiger partial charge in [-0.25, -0.2) is 0 Å². The van der Waals surface area contributed by atoms with Gasteiger partial charge in [0.05, 0.1) is 11.9 Å². The Hall–Kier alpha value is 0.0700. The summed E-state index contributed by atoms with van der Waals surface area (Å²) in [6, 6.07) is 0. The fourth-order valence-electron chi connectivity index (χ4n) is 1.17. The Morgan fingerprint density at radius 2 is 2.14 bits per heavy atom.